The smallest absolute Gasteiger partial charge is 0.227 e. The molecule has 98 valence electrons. The summed E-state index contributed by atoms with van der Waals surface area (Å²) >= 11 is 0. The van der Waals surface area contributed by atoms with Crippen molar-refractivity contribution in [3.05, 3.63) is 35.4 Å². The van der Waals surface area contributed by atoms with Gasteiger partial charge in [0.05, 0.1) is 5.41 Å². The molecule has 0 aliphatic carbocycles. The molecule has 1 aromatic rings. The second kappa shape index (κ2) is 5.02. The SMILES string of the molecule is CC1(C(=O)NCc2ccc(F)cc2F)CCNC1. The zero-order valence-electron chi connectivity index (χ0n) is 10.2. The van der Waals surface area contributed by atoms with Gasteiger partial charge in [0.25, 0.3) is 0 Å². The van der Waals surface area contributed by atoms with Crippen molar-refractivity contribution in [3.8, 4) is 0 Å². The Morgan fingerprint density at radius 1 is 1.50 bits per heavy atom. The molecule has 2 rings (SSSR count). The van der Waals surface area contributed by atoms with Crippen LogP contribution in [-0.4, -0.2) is 19.0 Å². The molecule has 1 atom stereocenters. The van der Waals surface area contributed by atoms with E-state index >= 15 is 0 Å². The summed E-state index contributed by atoms with van der Waals surface area (Å²) in [7, 11) is 0. The van der Waals surface area contributed by atoms with Crippen molar-refractivity contribution in [2.75, 3.05) is 13.1 Å². The minimum atomic E-state index is -0.634. The molecule has 5 heteroatoms. The summed E-state index contributed by atoms with van der Waals surface area (Å²) < 4.78 is 26.1. The molecular formula is C13H16F2N2O. The van der Waals surface area contributed by atoms with Crippen LogP contribution in [0.25, 0.3) is 0 Å². The Bertz CT molecular complexity index is 456. The van der Waals surface area contributed by atoms with Gasteiger partial charge in [-0.05, 0) is 26.0 Å². The normalized spacial score (nSPS) is 23.1. The average Bonchev–Trinajstić information content (AvgIpc) is 2.76. The maximum atomic E-state index is 13.4. The topological polar surface area (TPSA) is 41.1 Å². The van der Waals surface area contributed by atoms with Crippen LogP contribution in [-0.2, 0) is 11.3 Å². The van der Waals surface area contributed by atoms with E-state index in [1.807, 2.05) is 6.92 Å². The van der Waals surface area contributed by atoms with Crippen LogP contribution in [0.15, 0.2) is 18.2 Å². The molecule has 1 aliphatic rings. The molecule has 1 fully saturated rings. The fourth-order valence-electron chi connectivity index (χ4n) is 2.06. The molecule has 0 spiro atoms. The van der Waals surface area contributed by atoms with Gasteiger partial charge in [0.15, 0.2) is 0 Å². The van der Waals surface area contributed by atoms with Crippen molar-refractivity contribution in [1.82, 2.24) is 10.6 Å². The van der Waals surface area contributed by atoms with Gasteiger partial charge in [-0.1, -0.05) is 6.07 Å². The molecule has 1 aromatic carbocycles. The van der Waals surface area contributed by atoms with E-state index in [-0.39, 0.29) is 12.5 Å². The molecule has 3 nitrogen and oxygen atoms in total. The van der Waals surface area contributed by atoms with Gasteiger partial charge in [-0.2, -0.15) is 0 Å². The second-order valence-electron chi connectivity index (χ2n) is 4.91. The second-order valence-corrected chi connectivity index (χ2v) is 4.91. The highest BCUT2D eigenvalue weighted by Gasteiger charge is 2.35. The lowest BCUT2D eigenvalue weighted by molar-refractivity contribution is -0.129. The molecule has 1 unspecified atom stereocenters. The van der Waals surface area contributed by atoms with Gasteiger partial charge in [-0.3, -0.25) is 4.79 Å². The van der Waals surface area contributed by atoms with Crippen molar-refractivity contribution in [2.24, 2.45) is 5.41 Å². The molecule has 0 saturated carbocycles. The van der Waals surface area contributed by atoms with Gasteiger partial charge in [0.2, 0.25) is 5.91 Å². The number of nitrogens with one attached hydrogen (secondary N) is 2. The van der Waals surface area contributed by atoms with Crippen LogP contribution >= 0.6 is 0 Å². The monoisotopic (exact) mass is 254 g/mol. The number of amides is 1. The minimum Gasteiger partial charge on any atom is -0.351 e. The van der Waals surface area contributed by atoms with E-state index in [9.17, 15) is 13.6 Å². The lowest BCUT2D eigenvalue weighted by atomic mass is 9.89. The molecule has 2 N–H and O–H groups in total. The Balaban J connectivity index is 1.97. The first-order chi connectivity index (χ1) is 8.51. The molecule has 1 amide bonds. The first-order valence-corrected chi connectivity index (χ1v) is 5.94. The van der Waals surface area contributed by atoms with Crippen LogP contribution in [0.1, 0.15) is 18.9 Å². The van der Waals surface area contributed by atoms with Gasteiger partial charge >= 0.3 is 0 Å². The Kier molecular flexibility index (Phi) is 3.61. The van der Waals surface area contributed by atoms with Crippen LogP contribution < -0.4 is 10.6 Å². The van der Waals surface area contributed by atoms with Gasteiger partial charge < -0.3 is 10.6 Å². The third kappa shape index (κ3) is 2.67. The number of carbonyl (C=O) groups is 1. The Morgan fingerprint density at radius 3 is 2.89 bits per heavy atom. The van der Waals surface area contributed by atoms with Crippen molar-refractivity contribution in [1.29, 1.82) is 0 Å². The van der Waals surface area contributed by atoms with E-state index in [0.29, 0.717) is 12.1 Å². The summed E-state index contributed by atoms with van der Waals surface area (Å²) in [6.07, 6.45) is 0.769. The first kappa shape index (κ1) is 13.0. The maximum absolute atomic E-state index is 13.4. The van der Waals surface area contributed by atoms with Crippen LogP contribution in [0.2, 0.25) is 0 Å². The summed E-state index contributed by atoms with van der Waals surface area (Å²) in [5.41, 5.74) is -0.143. The Hall–Kier alpha value is -1.49. The van der Waals surface area contributed by atoms with E-state index in [1.54, 1.807) is 0 Å². The zero-order valence-corrected chi connectivity index (χ0v) is 10.2. The largest absolute Gasteiger partial charge is 0.351 e. The fraction of sp³-hybridized carbons (Fsp3) is 0.462. The molecule has 0 bridgehead atoms. The summed E-state index contributed by atoms with van der Waals surface area (Å²) in [6.45, 7) is 3.41. The Morgan fingerprint density at radius 2 is 2.28 bits per heavy atom. The molecule has 1 saturated heterocycles. The first-order valence-electron chi connectivity index (χ1n) is 5.94. The summed E-state index contributed by atoms with van der Waals surface area (Å²) in [5.74, 6) is -1.35. The Labute approximate surface area is 105 Å². The van der Waals surface area contributed by atoms with Crippen molar-refractivity contribution in [2.45, 2.75) is 19.9 Å². The lowest BCUT2D eigenvalue weighted by Gasteiger charge is -2.21. The molecule has 0 aromatic heterocycles. The van der Waals surface area contributed by atoms with Gasteiger partial charge in [-0.15, -0.1) is 0 Å². The van der Waals surface area contributed by atoms with Crippen molar-refractivity contribution >= 4 is 5.91 Å². The summed E-state index contributed by atoms with van der Waals surface area (Å²) in [5, 5.41) is 5.83. The highest BCUT2D eigenvalue weighted by atomic mass is 19.1. The van der Waals surface area contributed by atoms with Crippen LogP contribution in [0.3, 0.4) is 0 Å². The van der Waals surface area contributed by atoms with Crippen molar-refractivity contribution < 1.29 is 13.6 Å². The third-order valence-corrected chi connectivity index (χ3v) is 3.37. The minimum absolute atomic E-state index is 0.0839. The van der Waals surface area contributed by atoms with Gasteiger partial charge in [-0.25, -0.2) is 8.78 Å². The van der Waals surface area contributed by atoms with Crippen molar-refractivity contribution in [3.63, 3.8) is 0 Å². The molecular weight excluding hydrogens is 238 g/mol. The van der Waals surface area contributed by atoms with E-state index in [4.69, 9.17) is 0 Å². The summed E-state index contributed by atoms with van der Waals surface area (Å²) in [4.78, 5) is 12.0. The number of hydrogen-bond donors (Lipinski definition) is 2. The number of carbonyl (C=O) groups excluding carboxylic acids is 1. The molecule has 1 heterocycles. The van der Waals surface area contributed by atoms with E-state index < -0.39 is 17.0 Å². The molecule has 1 aliphatic heterocycles. The lowest BCUT2D eigenvalue weighted by Crippen LogP contribution is -2.40. The summed E-state index contributed by atoms with van der Waals surface area (Å²) in [6, 6.07) is 3.35. The molecule has 0 radical (unpaired) electrons. The van der Waals surface area contributed by atoms with Crippen LogP contribution in [0.5, 0.6) is 0 Å². The fourth-order valence-corrected chi connectivity index (χ4v) is 2.06. The van der Waals surface area contributed by atoms with Gasteiger partial charge in [0.1, 0.15) is 11.6 Å². The zero-order chi connectivity index (χ0) is 13.2. The van der Waals surface area contributed by atoms with Crippen LogP contribution in [0, 0.1) is 17.0 Å². The van der Waals surface area contributed by atoms with Gasteiger partial charge in [0, 0.05) is 24.7 Å². The number of rotatable bonds is 3. The highest BCUT2D eigenvalue weighted by Crippen LogP contribution is 2.24. The third-order valence-electron chi connectivity index (χ3n) is 3.37. The standard InChI is InChI=1S/C13H16F2N2O/c1-13(4-5-16-8-13)12(18)17-7-9-2-3-10(14)6-11(9)15/h2-3,6,16H,4-5,7-8H2,1H3,(H,17,18). The van der Waals surface area contributed by atoms with E-state index in [1.165, 1.54) is 12.1 Å². The van der Waals surface area contributed by atoms with E-state index in [2.05, 4.69) is 10.6 Å². The molecule has 18 heavy (non-hydrogen) atoms. The number of benzene rings is 1. The maximum Gasteiger partial charge on any atom is 0.227 e. The number of hydrogen-bond acceptors (Lipinski definition) is 2. The quantitative estimate of drug-likeness (QED) is 0.860. The predicted molar refractivity (Wildman–Crippen MR) is 63.8 cm³/mol. The highest BCUT2D eigenvalue weighted by molar-refractivity contribution is 5.82. The van der Waals surface area contributed by atoms with E-state index in [0.717, 1.165) is 19.0 Å². The van der Waals surface area contributed by atoms with Crippen LogP contribution in [0.4, 0.5) is 8.78 Å². The average molecular weight is 254 g/mol. The number of halogens is 2. The predicted octanol–water partition coefficient (Wildman–Crippen LogP) is 1.58.